The van der Waals surface area contributed by atoms with Crippen molar-refractivity contribution in [1.29, 1.82) is 0 Å². The molecule has 0 amide bonds. The molecule has 14 rings (SSSR count). The molecule has 0 saturated carbocycles. The number of furan rings is 2. The summed E-state index contributed by atoms with van der Waals surface area (Å²) in [6.45, 7) is 13.9. The first-order valence-electron chi connectivity index (χ1n) is 21.6. The fraction of sp³-hybridized carbons (Fsp3) is 0.143. The number of aryl methyl sites for hydroxylation is 1. The van der Waals surface area contributed by atoms with Crippen LogP contribution in [0, 0.1) is 6.92 Å². The summed E-state index contributed by atoms with van der Waals surface area (Å²) in [5.41, 5.74) is 22.7. The molecule has 0 fully saturated rings. The van der Waals surface area contributed by atoms with Crippen LogP contribution in [0.1, 0.15) is 56.9 Å². The van der Waals surface area contributed by atoms with E-state index in [0.29, 0.717) is 0 Å². The number of hydrogen-bond donors (Lipinski definition) is 0. The average molecular weight is 785 g/mol. The molecule has 0 radical (unpaired) electrons. The van der Waals surface area contributed by atoms with E-state index in [1.807, 2.05) is 0 Å². The number of hydrogen-bond acceptors (Lipinski definition) is 3. The Balaban J connectivity index is 1.18. The number of para-hydroxylation sites is 2. The van der Waals surface area contributed by atoms with E-state index in [4.69, 9.17) is 8.83 Å². The van der Waals surface area contributed by atoms with E-state index in [-0.39, 0.29) is 17.7 Å². The maximum Gasteiger partial charge on any atom is 0.333 e. The Kier molecular flexibility index (Phi) is 6.12. The van der Waals surface area contributed by atoms with Crippen LogP contribution in [-0.2, 0) is 10.8 Å². The van der Waals surface area contributed by atoms with Crippen molar-refractivity contribution in [2.45, 2.75) is 52.4 Å². The predicted octanol–water partition coefficient (Wildman–Crippen LogP) is 13.7. The Morgan fingerprint density at radius 1 is 0.541 bits per heavy atom. The minimum absolute atomic E-state index is 0.0283. The number of anilines is 2. The molecule has 11 aromatic rings. The molecule has 0 saturated heterocycles. The van der Waals surface area contributed by atoms with Crippen LogP contribution in [0.5, 0.6) is 0 Å². The van der Waals surface area contributed by atoms with Crippen LogP contribution in [0.2, 0.25) is 0 Å². The first-order chi connectivity index (χ1) is 29.5. The van der Waals surface area contributed by atoms with Crippen molar-refractivity contribution in [3.05, 3.63) is 162 Å². The van der Waals surface area contributed by atoms with Crippen LogP contribution in [0.25, 0.3) is 93.6 Å². The van der Waals surface area contributed by atoms with Crippen LogP contribution in [0.15, 0.2) is 148 Å². The van der Waals surface area contributed by atoms with Gasteiger partial charge in [0.15, 0.2) is 0 Å². The topological polar surface area (TPSA) is 34.5 Å². The average Bonchev–Trinajstić information content (AvgIpc) is 3.98. The molecule has 4 nitrogen and oxygen atoms in total. The third-order valence-electron chi connectivity index (χ3n) is 14.6. The number of rotatable bonds is 1. The fourth-order valence-corrected chi connectivity index (χ4v) is 11.7. The van der Waals surface area contributed by atoms with Gasteiger partial charge in [-0.05, 0) is 117 Å². The Morgan fingerprint density at radius 3 is 1.95 bits per heavy atom. The molecule has 8 aromatic carbocycles. The van der Waals surface area contributed by atoms with E-state index in [9.17, 15) is 0 Å². The zero-order valence-corrected chi connectivity index (χ0v) is 35.1. The number of nitrogens with zero attached hydrogens (tertiary/aromatic N) is 2. The normalized spacial score (nSPS) is 14.8. The van der Waals surface area contributed by atoms with Crippen molar-refractivity contribution in [3.63, 3.8) is 0 Å². The lowest BCUT2D eigenvalue weighted by Crippen LogP contribution is -2.60. The van der Waals surface area contributed by atoms with Gasteiger partial charge in [0.2, 0.25) is 0 Å². The van der Waals surface area contributed by atoms with Crippen LogP contribution < -0.4 is 15.7 Å². The molecule has 5 heteroatoms. The van der Waals surface area contributed by atoms with Crippen LogP contribution in [0.4, 0.5) is 11.4 Å². The highest BCUT2D eigenvalue weighted by molar-refractivity contribution is 6.93. The summed E-state index contributed by atoms with van der Waals surface area (Å²) in [5, 5.41) is 7.06. The van der Waals surface area contributed by atoms with Gasteiger partial charge in [-0.15, -0.1) is 0 Å². The van der Waals surface area contributed by atoms with Gasteiger partial charge in [0, 0.05) is 60.4 Å². The molecule has 5 heterocycles. The summed E-state index contributed by atoms with van der Waals surface area (Å²) in [5.74, 6) is 0. The maximum absolute atomic E-state index is 6.65. The van der Waals surface area contributed by atoms with E-state index in [0.717, 1.165) is 43.9 Å². The monoisotopic (exact) mass is 784 g/mol. The van der Waals surface area contributed by atoms with Crippen molar-refractivity contribution in [3.8, 4) is 27.9 Å². The van der Waals surface area contributed by atoms with Gasteiger partial charge >= 0.3 is 6.85 Å². The summed E-state index contributed by atoms with van der Waals surface area (Å²) in [4.78, 5) is 2.65. The third-order valence-corrected chi connectivity index (χ3v) is 14.6. The molecule has 2 aliphatic heterocycles. The molecule has 0 atom stereocenters. The number of benzene rings is 8. The van der Waals surface area contributed by atoms with Crippen molar-refractivity contribution >= 4 is 94.8 Å². The van der Waals surface area contributed by atoms with E-state index in [1.54, 1.807) is 0 Å². The highest BCUT2D eigenvalue weighted by atomic mass is 16.3. The molecule has 61 heavy (non-hydrogen) atoms. The lowest BCUT2D eigenvalue weighted by Gasteiger charge is -2.42. The molecule has 0 bridgehead atoms. The quantitative estimate of drug-likeness (QED) is 0.156. The molecule has 0 N–H and O–H groups in total. The van der Waals surface area contributed by atoms with E-state index < -0.39 is 0 Å². The molecular weight excluding hydrogens is 743 g/mol. The zero-order valence-electron chi connectivity index (χ0n) is 35.1. The highest BCUT2D eigenvalue weighted by Crippen LogP contribution is 2.53. The molecule has 0 unspecified atom stereocenters. The van der Waals surface area contributed by atoms with Gasteiger partial charge in [0.05, 0.1) is 11.0 Å². The molecule has 3 aromatic heterocycles. The lowest BCUT2D eigenvalue weighted by molar-refractivity contribution is 0.590. The van der Waals surface area contributed by atoms with Gasteiger partial charge in [-0.2, -0.15) is 0 Å². The predicted molar refractivity (Wildman–Crippen MR) is 255 cm³/mol. The van der Waals surface area contributed by atoms with Crippen LogP contribution >= 0.6 is 0 Å². The number of aromatic nitrogens is 1. The Bertz CT molecular complexity index is 3800. The van der Waals surface area contributed by atoms with E-state index >= 15 is 0 Å². The Hall–Kier alpha value is -6.98. The second-order valence-electron chi connectivity index (χ2n) is 19.3. The van der Waals surface area contributed by atoms with Crippen molar-refractivity contribution < 1.29 is 8.83 Å². The second-order valence-corrected chi connectivity index (χ2v) is 19.3. The second kappa shape index (κ2) is 11.0. The summed E-state index contributed by atoms with van der Waals surface area (Å²) in [6.07, 6.45) is 0. The minimum atomic E-state index is -0.166. The largest absolute Gasteiger partial charge is 0.456 e. The van der Waals surface area contributed by atoms with E-state index in [2.05, 4.69) is 190 Å². The molecule has 3 aliphatic rings. The summed E-state index contributed by atoms with van der Waals surface area (Å²) >= 11 is 0. The van der Waals surface area contributed by atoms with Gasteiger partial charge in [-0.1, -0.05) is 120 Å². The van der Waals surface area contributed by atoms with Crippen molar-refractivity contribution in [2.75, 3.05) is 4.81 Å². The molecular formula is C56H41BN2O2. The highest BCUT2D eigenvalue weighted by Gasteiger charge is 2.47. The smallest absolute Gasteiger partial charge is 0.333 e. The SMILES string of the molecule is Cc1cc2c3c4c1c1cc5oc6ccccc6c5cc1n4-c1cc4c(cc1B3N(c1ccc(C(C)(C)C)cc1)c1cc3c(cc1-2)oc1ccccc13)C(C)(C)c1ccccc1-4. The fourth-order valence-electron chi connectivity index (χ4n) is 11.7. The summed E-state index contributed by atoms with van der Waals surface area (Å²) in [7, 11) is 0. The maximum atomic E-state index is 6.65. The minimum Gasteiger partial charge on any atom is -0.456 e. The summed E-state index contributed by atoms with van der Waals surface area (Å²) in [6, 6.07) is 52.3. The van der Waals surface area contributed by atoms with Gasteiger partial charge in [-0.3, -0.25) is 0 Å². The zero-order chi connectivity index (χ0) is 40.8. The first-order valence-corrected chi connectivity index (χ1v) is 21.6. The lowest BCUT2D eigenvalue weighted by atomic mass is 9.43. The first kappa shape index (κ1) is 33.8. The van der Waals surface area contributed by atoms with Crippen LogP contribution in [-0.4, -0.2) is 11.4 Å². The van der Waals surface area contributed by atoms with Gasteiger partial charge < -0.3 is 18.2 Å². The Labute approximate surface area is 353 Å². The van der Waals surface area contributed by atoms with E-state index in [1.165, 1.54) is 94.3 Å². The standard InChI is InChI=1S/C56H41BN2O2/c1-30-23-40-37-27-50-39(35-15-9-12-18-49(35)60-50)26-46(37)59(32-21-19-31(20-22-32)55(2,3)4)57-44-29-43-36(33-13-7-10-16-42(33)56(43,5)6)24-47(44)58-45-25-38-34-14-8-11-17-48(34)61-51(38)28-41(45)52(30)54(58)53(40)57/h7-29H,1-6H3. The number of fused-ring (bicyclic) bond motifs is 17. The van der Waals surface area contributed by atoms with Crippen molar-refractivity contribution in [2.24, 2.45) is 0 Å². The van der Waals surface area contributed by atoms with Crippen LogP contribution in [0.3, 0.4) is 0 Å². The third kappa shape index (κ3) is 4.17. The molecule has 1 aliphatic carbocycles. The van der Waals surface area contributed by atoms with Gasteiger partial charge in [-0.25, -0.2) is 0 Å². The Morgan fingerprint density at radius 2 is 1.21 bits per heavy atom. The van der Waals surface area contributed by atoms with Gasteiger partial charge in [0.1, 0.15) is 22.3 Å². The molecule has 290 valence electrons. The van der Waals surface area contributed by atoms with Gasteiger partial charge in [0.25, 0.3) is 0 Å². The van der Waals surface area contributed by atoms with Crippen molar-refractivity contribution in [1.82, 2.24) is 4.57 Å². The molecule has 0 spiro atoms. The summed E-state index contributed by atoms with van der Waals surface area (Å²) < 4.78 is 15.9.